The summed E-state index contributed by atoms with van der Waals surface area (Å²) in [6, 6.07) is 15.5. The van der Waals surface area contributed by atoms with Gasteiger partial charge in [-0.15, -0.1) is 0 Å². The van der Waals surface area contributed by atoms with Crippen molar-refractivity contribution >= 4 is 16.1 Å². The van der Waals surface area contributed by atoms with Crippen LogP contribution in [0.3, 0.4) is 0 Å². The van der Waals surface area contributed by atoms with E-state index in [0.717, 1.165) is 17.7 Å². The fraction of sp³-hybridized carbons (Fsp3) is 0.278. The van der Waals surface area contributed by atoms with Gasteiger partial charge in [0.25, 0.3) is 0 Å². The third kappa shape index (κ3) is 3.86. The van der Waals surface area contributed by atoms with Gasteiger partial charge in [-0.1, -0.05) is 42.0 Å². The second kappa shape index (κ2) is 6.64. The second-order valence-electron chi connectivity index (χ2n) is 5.81. The summed E-state index contributed by atoms with van der Waals surface area (Å²) in [5.74, 6) is 0. The Balaban J connectivity index is 1.92. The first-order valence-electron chi connectivity index (χ1n) is 7.66. The van der Waals surface area contributed by atoms with Crippen molar-refractivity contribution in [1.29, 1.82) is 0 Å². The maximum Gasteiger partial charge on any atom is 0.211 e. The first kappa shape index (κ1) is 15.9. The minimum atomic E-state index is -3.23. The van der Waals surface area contributed by atoms with E-state index in [1.54, 1.807) is 10.5 Å². The quantitative estimate of drug-likeness (QED) is 0.869. The molecule has 0 radical (unpaired) electrons. The first-order chi connectivity index (χ1) is 11.0. The monoisotopic (exact) mass is 328 g/mol. The molecule has 1 unspecified atom stereocenters. The third-order valence-corrected chi connectivity index (χ3v) is 5.40. The molecule has 1 aliphatic rings. The van der Waals surface area contributed by atoms with E-state index in [9.17, 15) is 8.42 Å². The van der Waals surface area contributed by atoms with Gasteiger partial charge < -0.3 is 0 Å². The van der Waals surface area contributed by atoms with Crippen LogP contribution >= 0.6 is 0 Å². The van der Waals surface area contributed by atoms with Gasteiger partial charge in [-0.3, -0.25) is 4.98 Å². The van der Waals surface area contributed by atoms with Crippen molar-refractivity contribution in [3.05, 3.63) is 71.6 Å². The van der Waals surface area contributed by atoms with Gasteiger partial charge in [0, 0.05) is 12.7 Å². The van der Waals surface area contributed by atoms with E-state index in [1.165, 1.54) is 11.8 Å². The van der Waals surface area contributed by atoms with Gasteiger partial charge in [0.05, 0.1) is 18.0 Å². The van der Waals surface area contributed by atoms with Crippen LogP contribution in [0.2, 0.25) is 0 Å². The number of piperidine rings is 1. The molecule has 4 nitrogen and oxygen atoms in total. The summed E-state index contributed by atoms with van der Waals surface area (Å²) in [5, 5.41) is 0. The number of hydrogen-bond donors (Lipinski definition) is 0. The molecule has 0 bridgehead atoms. The van der Waals surface area contributed by atoms with Gasteiger partial charge in [0.15, 0.2) is 0 Å². The number of aromatic nitrogens is 1. The van der Waals surface area contributed by atoms with Crippen molar-refractivity contribution < 1.29 is 8.42 Å². The maximum atomic E-state index is 12.1. The number of rotatable bonds is 3. The minimum Gasteiger partial charge on any atom is -0.257 e. The fourth-order valence-corrected chi connectivity index (χ4v) is 4.10. The Hall–Kier alpha value is -1.98. The van der Waals surface area contributed by atoms with Crippen molar-refractivity contribution in [2.45, 2.75) is 18.9 Å². The molecule has 1 saturated heterocycles. The predicted molar refractivity (Wildman–Crippen MR) is 92.2 cm³/mol. The molecule has 0 spiro atoms. The van der Waals surface area contributed by atoms with Crippen molar-refractivity contribution in [3.8, 4) is 0 Å². The lowest BCUT2D eigenvalue weighted by atomic mass is 9.92. The highest BCUT2D eigenvalue weighted by Gasteiger charge is 2.32. The van der Waals surface area contributed by atoms with E-state index in [2.05, 4.69) is 11.1 Å². The van der Waals surface area contributed by atoms with Crippen LogP contribution in [-0.4, -0.2) is 30.5 Å². The SMILES string of the molecule is CS(=O)(=O)N1CCC(=Cc2ccccn2)CC1c1ccccc1. The van der Waals surface area contributed by atoms with Gasteiger partial charge in [0.2, 0.25) is 10.0 Å². The number of hydrogen-bond acceptors (Lipinski definition) is 3. The lowest BCUT2D eigenvalue weighted by Crippen LogP contribution is -2.38. The standard InChI is InChI=1S/C18H20N2O2S/c1-23(21,22)20-12-10-15(13-17-9-5-6-11-19-17)14-18(20)16-7-3-2-4-8-16/h2-9,11,13,18H,10,12,14H2,1H3. The van der Waals surface area contributed by atoms with Crippen LogP contribution in [0.15, 0.2) is 60.3 Å². The molecule has 3 rings (SSSR count). The van der Waals surface area contributed by atoms with Crippen LogP contribution in [0.25, 0.3) is 6.08 Å². The van der Waals surface area contributed by atoms with Crippen LogP contribution in [0, 0.1) is 0 Å². The molecule has 1 aromatic heterocycles. The van der Waals surface area contributed by atoms with Gasteiger partial charge in [-0.25, -0.2) is 8.42 Å². The van der Waals surface area contributed by atoms with Crippen LogP contribution in [0.4, 0.5) is 0 Å². The van der Waals surface area contributed by atoms with Crippen molar-refractivity contribution in [3.63, 3.8) is 0 Å². The van der Waals surface area contributed by atoms with E-state index < -0.39 is 10.0 Å². The Morgan fingerprint density at radius 2 is 1.87 bits per heavy atom. The number of benzene rings is 1. The number of nitrogens with zero attached hydrogens (tertiary/aromatic N) is 2. The maximum absolute atomic E-state index is 12.1. The molecular weight excluding hydrogens is 308 g/mol. The lowest BCUT2D eigenvalue weighted by molar-refractivity contribution is 0.296. The average molecular weight is 328 g/mol. The molecule has 1 aromatic carbocycles. The van der Waals surface area contributed by atoms with E-state index >= 15 is 0 Å². The lowest BCUT2D eigenvalue weighted by Gasteiger charge is -2.35. The molecule has 120 valence electrons. The predicted octanol–water partition coefficient (Wildman–Crippen LogP) is 3.26. The Bertz CT molecular complexity index is 786. The Labute approximate surface area is 137 Å². The number of pyridine rings is 1. The summed E-state index contributed by atoms with van der Waals surface area (Å²) < 4.78 is 25.9. The van der Waals surface area contributed by atoms with Crippen molar-refractivity contribution in [2.24, 2.45) is 0 Å². The van der Waals surface area contributed by atoms with Crippen LogP contribution in [0.5, 0.6) is 0 Å². The molecule has 1 aliphatic heterocycles. The molecule has 0 N–H and O–H groups in total. The first-order valence-corrected chi connectivity index (χ1v) is 9.51. The highest BCUT2D eigenvalue weighted by Crippen LogP contribution is 2.36. The van der Waals surface area contributed by atoms with Gasteiger partial charge in [-0.2, -0.15) is 4.31 Å². The molecular formula is C18H20N2O2S. The molecule has 2 aromatic rings. The van der Waals surface area contributed by atoms with Crippen LogP contribution in [-0.2, 0) is 10.0 Å². The van der Waals surface area contributed by atoms with Gasteiger partial charge in [-0.05, 0) is 36.6 Å². The van der Waals surface area contributed by atoms with Gasteiger partial charge >= 0.3 is 0 Å². The van der Waals surface area contributed by atoms with E-state index in [0.29, 0.717) is 13.0 Å². The summed E-state index contributed by atoms with van der Waals surface area (Å²) >= 11 is 0. The highest BCUT2D eigenvalue weighted by atomic mass is 32.2. The average Bonchev–Trinajstić information content (AvgIpc) is 2.55. The summed E-state index contributed by atoms with van der Waals surface area (Å²) in [4.78, 5) is 4.33. The summed E-state index contributed by atoms with van der Waals surface area (Å²) in [6.45, 7) is 0.511. The summed E-state index contributed by atoms with van der Waals surface area (Å²) in [7, 11) is -3.23. The normalized spacial score (nSPS) is 21.4. The molecule has 1 atom stereocenters. The summed E-state index contributed by atoms with van der Waals surface area (Å²) in [6.07, 6.45) is 6.58. The molecule has 0 aliphatic carbocycles. The van der Waals surface area contributed by atoms with E-state index in [-0.39, 0.29) is 6.04 Å². The smallest absolute Gasteiger partial charge is 0.211 e. The van der Waals surface area contributed by atoms with E-state index in [1.807, 2.05) is 48.5 Å². The zero-order valence-electron chi connectivity index (χ0n) is 13.1. The zero-order chi connectivity index (χ0) is 16.3. The molecule has 2 heterocycles. The third-order valence-electron chi connectivity index (χ3n) is 4.11. The Morgan fingerprint density at radius 3 is 2.52 bits per heavy atom. The molecule has 0 saturated carbocycles. The largest absolute Gasteiger partial charge is 0.257 e. The summed E-state index contributed by atoms with van der Waals surface area (Å²) in [5.41, 5.74) is 3.18. The highest BCUT2D eigenvalue weighted by molar-refractivity contribution is 7.88. The molecule has 0 amide bonds. The molecule has 5 heteroatoms. The van der Waals surface area contributed by atoms with Crippen LogP contribution < -0.4 is 0 Å². The van der Waals surface area contributed by atoms with Gasteiger partial charge in [0.1, 0.15) is 0 Å². The van der Waals surface area contributed by atoms with Crippen LogP contribution in [0.1, 0.15) is 30.1 Å². The van der Waals surface area contributed by atoms with Crippen molar-refractivity contribution in [2.75, 3.05) is 12.8 Å². The van der Waals surface area contributed by atoms with Crippen molar-refractivity contribution in [1.82, 2.24) is 9.29 Å². The Morgan fingerprint density at radius 1 is 1.13 bits per heavy atom. The number of sulfonamides is 1. The topological polar surface area (TPSA) is 50.3 Å². The fourth-order valence-electron chi connectivity index (χ4n) is 3.02. The second-order valence-corrected chi connectivity index (χ2v) is 7.75. The zero-order valence-corrected chi connectivity index (χ0v) is 13.9. The molecule has 1 fully saturated rings. The minimum absolute atomic E-state index is 0.144. The Kier molecular flexibility index (Phi) is 4.59. The van der Waals surface area contributed by atoms with E-state index in [4.69, 9.17) is 0 Å². The molecule has 23 heavy (non-hydrogen) atoms.